The molecule has 2 amide bonds. The van der Waals surface area contributed by atoms with Gasteiger partial charge in [-0.05, 0) is 63.9 Å². The number of piperazine rings is 1. The molecule has 7 heteroatoms. The Morgan fingerprint density at radius 1 is 1.00 bits per heavy atom. The third kappa shape index (κ3) is 6.97. The van der Waals surface area contributed by atoms with Crippen LogP contribution in [0.15, 0.2) is 59.2 Å². The molecule has 1 saturated heterocycles. The smallest absolute Gasteiger partial charge is 0.273 e. The molecule has 0 radical (unpaired) electrons. The van der Waals surface area contributed by atoms with E-state index >= 15 is 0 Å². The van der Waals surface area contributed by atoms with Gasteiger partial charge in [0.05, 0.1) is 11.4 Å². The Hall–Kier alpha value is -3.61. The number of hydrogen-bond acceptors (Lipinski definition) is 5. The highest BCUT2D eigenvalue weighted by Gasteiger charge is 2.22. The number of anilines is 3. The van der Waals surface area contributed by atoms with Crippen molar-refractivity contribution in [1.82, 2.24) is 5.32 Å². The van der Waals surface area contributed by atoms with Crippen LogP contribution in [0.3, 0.4) is 0 Å². The second kappa shape index (κ2) is 12.9. The van der Waals surface area contributed by atoms with E-state index in [9.17, 15) is 9.59 Å². The maximum Gasteiger partial charge on any atom is 0.273 e. The molecule has 0 unspecified atom stereocenters. The number of hydrogen-bond donors (Lipinski definition) is 2. The van der Waals surface area contributed by atoms with E-state index in [0.717, 1.165) is 50.4 Å². The van der Waals surface area contributed by atoms with Crippen molar-refractivity contribution >= 4 is 34.6 Å². The lowest BCUT2D eigenvalue weighted by Crippen LogP contribution is -2.47. The summed E-state index contributed by atoms with van der Waals surface area (Å²) in [5.74, 6) is -0.425. The third-order valence-electron chi connectivity index (χ3n) is 6.25. The van der Waals surface area contributed by atoms with E-state index in [4.69, 9.17) is 0 Å². The number of nitrogens with one attached hydrogen (secondary N) is 2. The van der Waals surface area contributed by atoms with Gasteiger partial charge in [0, 0.05) is 49.7 Å². The number of aryl methyl sites for hydroxylation is 1. The number of benzene rings is 2. The first kappa shape index (κ1) is 27.0. The molecule has 3 rings (SSSR count). The van der Waals surface area contributed by atoms with Gasteiger partial charge in [0.25, 0.3) is 11.8 Å². The molecule has 0 saturated carbocycles. The number of unbranched alkanes of at least 4 members (excludes halogenated alkanes) is 1. The molecule has 192 valence electrons. The second-order valence-corrected chi connectivity index (χ2v) is 9.29. The summed E-state index contributed by atoms with van der Waals surface area (Å²) in [6.45, 7) is 13.7. The maximum absolute atomic E-state index is 13.1. The van der Waals surface area contributed by atoms with Gasteiger partial charge in [-0.3, -0.25) is 14.6 Å². The van der Waals surface area contributed by atoms with Crippen molar-refractivity contribution in [3.63, 3.8) is 0 Å². The van der Waals surface area contributed by atoms with E-state index < -0.39 is 0 Å². The van der Waals surface area contributed by atoms with Crippen LogP contribution in [0.2, 0.25) is 0 Å². The summed E-state index contributed by atoms with van der Waals surface area (Å²) in [7, 11) is 0. The van der Waals surface area contributed by atoms with Gasteiger partial charge in [-0.1, -0.05) is 37.6 Å². The first-order valence-electron chi connectivity index (χ1n) is 12.8. The van der Waals surface area contributed by atoms with Crippen molar-refractivity contribution in [2.24, 2.45) is 4.99 Å². The fraction of sp³-hybridized carbons (Fsp3) is 0.414. The van der Waals surface area contributed by atoms with Gasteiger partial charge in [0.15, 0.2) is 0 Å². The number of para-hydroxylation sites is 1. The van der Waals surface area contributed by atoms with E-state index in [0.29, 0.717) is 23.5 Å². The lowest BCUT2D eigenvalue weighted by Gasteiger charge is -2.38. The Bertz CT molecular complexity index is 1130. The number of carbonyl (C=O) groups is 2. The molecule has 0 aromatic heterocycles. The number of aliphatic imine (C=N–C) groups is 1. The van der Waals surface area contributed by atoms with Crippen LogP contribution >= 0.6 is 0 Å². The van der Waals surface area contributed by atoms with Gasteiger partial charge in [0.1, 0.15) is 5.70 Å². The van der Waals surface area contributed by atoms with Gasteiger partial charge in [-0.15, -0.1) is 0 Å². The molecule has 0 atom stereocenters. The third-order valence-corrected chi connectivity index (χ3v) is 6.25. The first-order valence-corrected chi connectivity index (χ1v) is 12.8. The van der Waals surface area contributed by atoms with Crippen molar-refractivity contribution in [2.45, 2.75) is 47.5 Å². The SMILES string of the molecule is C/C=C(\N=C(C)C)C(=O)Nc1cc(C(=O)NCCCC)ccc1N1CCN(c2ccccc2C)CC1. The zero-order valence-corrected chi connectivity index (χ0v) is 22.2. The van der Waals surface area contributed by atoms with Gasteiger partial charge < -0.3 is 20.4 Å². The fourth-order valence-electron chi connectivity index (χ4n) is 4.31. The molecule has 1 fully saturated rings. The lowest BCUT2D eigenvalue weighted by molar-refractivity contribution is -0.112. The molecule has 7 nitrogen and oxygen atoms in total. The molecule has 1 aliphatic rings. The average molecular weight is 490 g/mol. The highest BCUT2D eigenvalue weighted by molar-refractivity contribution is 6.07. The molecule has 2 aromatic carbocycles. The zero-order valence-electron chi connectivity index (χ0n) is 22.2. The number of allylic oxidation sites excluding steroid dienone is 1. The van der Waals surface area contributed by atoms with Crippen molar-refractivity contribution in [3.05, 3.63) is 65.4 Å². The minimum Gasteiger partial charge on any atom is -0.368 e. The van der Waals surface area contributed by atoms with Crippen LogP contribution in [0.4, 0.5) is 17.1 Å². The Kier molecular flexibility index (Phi) is 9.68. The van der Waals surface area contributed by atoms with Crippen molar-refractivity contribution in [2.75, 3.05) is 47.8 Å². The molecule has 1 aliphatic heterocycles. The largest absolute Gasteiger partial charge is 0.368 e. The standard InChI is InChI=1S/C29H39N5O2/c1-6-8-15-30-28(35)23-13-14-27(25(20-23)32-29(36)24(7-2)31-21(3)4)34-18-16-33(17-19-34)26-12-10-9-11-22(26)5/h7,9-14,20H,6,8,15-19H2,1-5H3,(H,30,35)(H,32,36)/b24-7-. The van der Waals surface area contributed by atoms with E-state index in [1.54, 1.807) is 19.1 Å². The van der Waals surface area contributed by atoms with Gasteiger partial charge in [-0.2, -0.15) is 0 Å². The highest BCUT2D eigenvalue weighted by Crippen LogP contribution is 2.30. The van der Waals surface area contributed by atoms with Crippen LogP contribution in [0.25, 0.3) is 0 Å². The van der Waals surface area contributed by atoms with Crippen molar-refractivity contribution < 1.29 is 9.59 Å². The number of carbonyl (C=O) groups excluding carboxylic acids is 2. The predicted octanol–water partition coefficient (Wildman–Crippen LogP) is 5.17. The lowest BCUT2D eigenvalue weighted by atomic mass is 10.1. The van der Waals surface area contributed by atoms with E-state index in [1.165, 1.54) is 11.3 Å². The Balaban J connectivity index is 1.84. The molecule has 0 bridgehead atoms. The molecular formula is C29H39N5O2. The normalized spacial score (nSPS) is 13.9. The van der Waals surface area contributed by atoms with E-state index in [2.05, 4.69) is 63.5 Å². The average Bonchev–Trinajstić information content (AvgIpc) is 2.87. The molecular weight excluding hydrogens is 450 g/mol. The summed E-state index contributed by atoms with van der Waals surface area (Å²) in [5.41, 5.74) is 5.73. The highest BCUT2D eigenvalue weighted by atomic mass is 16.2. The first-order chi connectivity index (χ1) is 17.3. The summed E-state index contributed by atoms with van der Waals surface area (Å²) in [6.07, 6.45) is 3.64. The molecule has 2 aromatic rings. The minimum atomic E-state index is -0.290. The van der Waals surface area contributed by atoms with Crippen LogP contribution in [0, 0.1) is 6.92 Å². The van der Waals surface area contributed by atoms with E-state index in [-0.39, 0.29) is 11.8 Å². The Morgan fingerprint density at radius 3 is 2.28 bits per heavy atom. The molecule has 0 aliphatic carbocycles. The zero-order chi connectivity index (χ0) is 26.1. The van der Waals surface area contributed by atoms with Crippen LogP contribution in [0.5, 0.6) is 0 Å². The summed E-state index contributed by atoms with van der Waals surface area (Å²) in [5, 5.41) is 5.99. The monoisotopic (exact) mass is 489 g/mol. The van der Waals surface area contributed by atoms with Gasteiger partial charge in [0.2, 0.25) is 0 Å². The summed E-state index contributed by atoms with van der Waals surface area (Å²) >= 11 is 0. The molecule has 2 N–H and O–H groups in total. The molecule has 36 heavy (non-hydrogen) atoms. The van der Waals surface area contributed by atoms with Gasteiger partial charge >= 0.3 is 0 Å². The quantitative estimate of drug-likeness (QED) is 0.289. The maximum atomic E-state index is 13.1. The van der Waals surface area contributed by atoms with Crippen molar-refractivity contribution in [1.29, 1.82) is 0 Å². The predicted molar refractivity (Wildman–Crippen MR) is 150 cm³/mol. The number of rotatable bonds is 9. The topological polar surface area (TPSA) is 77.0 Å². The van der Waals surface area contributed by atoms with E-state index in [1.807, 2.05) is 26.0 Å². The summed E-state index contributed by atoms with van der Waals surface area (Å²) < 4.78 is 0. The van der Waals surface area contributed by atoms with Crippen LogP contribution in [-0.4, -0.2) is 50.2 Å². The van der Waals surface area contributed by atoms with Crippen LogP contribution in [0.1, 0.15) is 56.5 Å². The summed E-state index contributed by atoms with van der Waals surface area (Å²) in [6, 6.07) is 14.0. The minimum absolute atomic E-state index is 0.136. The van der Waals surface area contributed by atoms with Crippen molar-refractivity contribution in [3.8, 4) is 0 Å². The van der Waals surface area contributed by atoms with Crippen LogP contribution in [-0.2, 0) is 4.79 Å². The Morgan fingerprint density at radius 2 is 1.67 bits per heavy atom. The number of amides is 2. The number of nitrogens with zero attached hydrogens (tertiary/aromatic N) is 3. The second-order valence-electron chi connectivity index (χ2n) is 9.29. The molecule has 1 heterocycles. The Labute approximate surface area is 215 Å². The van der Waals surface area contributed by atoms with Gasteiger partial charge in [-0.25, -0.2) is 0 Å². The van der Waals surface area contributed by atoms with Crippen LogP contribution < -0.4 is 20.4 Å². The summed E-state index contributed by atoms with van der Waals surface area (Å²) in [4.78, 5) is 34.8. The molecule has 0 spiro atoms. The fourth-order valence-corrected chi connectivity index (χ4v) is 4.31.